The van der Waals surface area contributed by atoms with E-state index in [4.69, 9.17) is 17.5 Å². The largest absolute Gasteiger partial charge is 2.00 e. The van der Waals surface area contributed by atoms with Crippen molar-refractivity contribution in [2.45, 2.75) is 0 Å². The third-order valence-corrected chi connectivity index (χ3v) is 0. The monoisotopic (exact) mass is 208 g/mol. The van der Waals surface area contributed by atoms with Crippen molar-refractivity contribution in [3.05, 3.63) is 0 Å². The summed E-state index contributed by atoms with van der Waals surface area (Å²) >= 11 is 0. The fourth-order valence-corrected chi connectivity index (χ4v) is 0. The van der Waals surface area contributed by atoms with Gasteiger partial charge in [-0.2, -0.15) is 0 Å². The van der Waals surface area contributed by atoms with Gasteiger partial charge in [0.1, 0.15) is 0 Å². The van der Waals surface area contributed by atoms with Crippen molar-refractivity contribution in [2.24, 2.45) is 0 Å². The first kappa shape index (κ1) is 22.6. The van der Waals surface area contributed by atoms with Crippen LogP contribution >= 0.6 is 0 Å². The molecule has 0 aromatic carbocycles. The van der Waals surface area contributed by atoms with E-state index in [0.717, 1.165) is 0 Å². The van der Waals surface area contributed by atoms with Crippen LogP contribution in [0.4, 0.5) is 0 Å². The van der Waals surface area contributed by atoms with Gasteiger partial charge in [0.25, 0.3) is 0 Å². The molecule has 0 aliphatic rings. The van der Waals surface area contributed by atoms with Gasteiger partial charge in [0, 0.05) is 10.4 Å². The Kier molecular flexibility index (Phi) is 24.4. The van der Waals surface area contributed by atoms with E-state index in [0.29, 0.717) is 0 Å². The molecule has 0 aliphatic carbocycles. The van der Waals surface area contributed by atoms with Gasteiger partial charge in [-0.1, -0.05) is 0 Å². The zero-order valence-electron chi connectivity index (χ0n) is 3.51. The van der Waals surface area contributed by atoms with E-state index in [-0.39, 0.29) is 60.3 Å². The topological polar surface area (TPSA) is 109 Å². The Bertz CT molecular complexity index is 95.6. The molecular weight excluding hydrogens is 208 g/mol. The van der Waals surface area contributed by atoms with Gasteiger partial charge in [-0.05, 0) is 0 Å². The number of hydrogen-bond donors (Lipinski definition) is 0. The Morgan fingerprint density at radius 2 is 1.12 bits per heavy atom. The van der Waals surface area contributed by atoms with Crippen molar-refractivity contribution < 1.29 is 40.1 Å². The summed E-state index contributed by atoms with van der Waals surface area (Å²) in [5.74, 6) is 0. The fraction of sp³-hybridized carbons (Fsp3) is 0. The van der Waals surface area contributed by atoms with E-state index in [1.807, 2.05) is 0 Å². The summed E-state index contributed by atoms with van der Waals surface area (Å²) in [6, 6.07) is 0. The van der Waals surface area contributed by atoms with E-state index >= 15 is 0 Å². The molecule has 0 spiro atoms. The molecule has 0 saturated carbocycles. The van der Waals surface area contributed by atoms with Crippen LogP contribution in [-0.2, 0) is 32.9 Å². The standard InChI is InChI=1S/Ca.Fe.H2O4S.O/c;;1-5(2,3)4;/h;;(H2,1,2,3,4);/q2*+2;;-2/p-2. The maximum atomic E-state index is 8.52. The van der Waals surface area contributed by atoms with Gasteiger partial charge >= 0.3 is 54.8 Å². The fourth-order valence-electron chi connectivity index (χ4n) is 0. The molecular formula is CaFeO5S. The summed E-state index contributed by atoms with van der Waals surface area (Å²) in [5, 5.41) is 0. The summed E-state index contributed by atoms with van der Waals surface area (Å²) in [6.07, 6.45) is 0. The molecule has 8 heteroatoms. The Labute approximate surface area is 87.2 Å². The first-order valence-corrected chi connectivity index (χ1v) is 2.00. The van der Waals surface area contributed by atoms with Gasteiger partial charge < -0.3 is 14.6 Å². The van der Waals surface area contributed by atoms with Gasteiger partial charge in [-0.3, -0.25) is 8.42 Å². The molecule has 0 aromatic rings. The number of rotatable bonds is 0. The predicted octanol–water partition coefficient (Wildman–Crippen LogP) is -1.84. The zero-order chi connectivity index (χ0) is 4.50. The third kappa shape index (κ3) is 128. The van der Waals surface area contributed by atoms with Crippen molar-refractivity contribution >= 4 is 48.1 Å². The SMILES string of the molecule is O=S(=O)([O-])[O-].[Ca+2].[Fe+2].[O-2]. The molecule has 0 bridgehead atoms. The third-order valence-electron chi connectivity index (χ3n) is 0. The smallest absolute Gasteiger partial charge is 2.00 e. The molecule has 0 unspecified atom stereocenters. The molecule has 0 radical (unpaired) electrons. The molecule has 8 heavy (non-hydrogen) atoms. The van der Waals surface area contributed by atoms with Crippen molar-refractivity contribution in [1.82, 2.24) is 0 Å². The van der Waals surface area contributed by atoms with Crippen LogP contribution in [0.25, 0.3) is 0 Å². The van der Waals surface area contributed by atoms with E-state index in [1.165, 1.54) is 0 Å². The molecule has 0 fully saturated rings. The van der Waals surface area contributed by atoms with Crippen LogP contribution in [0.2, 0.25) is 0 Å². The first-order valence-electron chi connectivity index (χ1n) is 0.667. The van der Waals surface area contributed by atoms with Gasteiger partial charge in [-0.15, -0.1) is 0 Å². The van der Waals surface area contributed by atoms with Crippen LogP contribution in [0, 0.1) is 0 Å². The van der Waals surface area contributed by atoms with Crippen molar-refractivity contribution in [1.29, 1.82) is 0 Å². The summed E-state index contributed by atoms with van der Waals surface area (Å²) in [4.78, 5) is 0. The molecule has 0 rings (SSSR count). The van der Waals surface area contributed by atoms with Crippen LogP contribution in [0.5, 0.6) is 0 Å². The average molecular weight is 208 g/mol. The van der Waals surface area contributed by atoms with Gasteiger partial charge in [-0.25, -0.2) is 0 Å². The van der Waals surface area contributed by atoms with Gasteiger partial charge in [0.15, 0.2) is 0 Å². The minimum Gasteiger partial charge on any atom is -2.00 e. The summed E-state index contributed by atoms with van der Waals surface area (Å²) < 4.78 is 34.1. The second-order valence-electron chi connectivity index (χ2n) is 0.408. The molecule has 0 saturated heterocycles. The molecule has 0 aliphatic heterocycles. The summed E-state index contributed by atoms with van der Waals surface area (Å²) in [5.41, 5.74) is 0. The Balaban J connectivity index is -0.0000000267. The van der Waals surface area contributed by atoms with Crippen LogP contribution in [0.1, 0.15) is 0 Å². The second kappa shape index (κ2) is 8.61. The first-order chi connectivity index (χ1) is 2.00. The Morgan fingerprint density at radius 3 is 1.12 bits per heavy atom. The summed E-state index contributed by atoms with van der Waals surface area (Å²) in [6.45, 7) is 0. The van der Waals surface area contributed by atoms with Crippen LogP contribution in [-0.4, -0.2) is 55.3 Å². The Morgan fingerprint density at radius 1 is 1.12 bits per heavy atom. The summed E-state index contributed by atoms with van der Waals surface area (Å²) in [7, 11) is -5.17. The van der Waals surface area contributed by atoms with E-state index < -0.39 is 10.4 Å². The molecule has 0 aromatic heterocycles. The Hall–Kier alpha value is 1.61. The quantitative estimate of drug-likeness (QED) is 0.264. The van der Waals surface area contributed by atoms with E-state index in [9.17, 15) is 0 Å². The average Bonchev–Trinajstić information content (AvgIpc) is 0.722. The van der Waals surface area contributed by atoms with Gasteiger partial charge in [0.05, 0.1) is 0 Å². The maximum Gasteiger partial charge on any atom is 2.00 e. The number of hydrogen-bond acceptors (Lipinski definition) is 4. The molecule has 5 nitrogen and oxygen atoms in total. The van der Waals surface area contributed by atoms with Crippen LogP contribution in [0.15, 0.2) is 0 Å². The minimum absolute atomic E-state index is 0. The molecule has 0 heterocycles. The van der Waals surface area contributed by atoms with E-state index in [2.05, 4.69) is 0 Å². The molecule has 0 amide bonds. The van der Waals surface area contributed by atoms with Crippen molar-refractivity contribution in [3.8, 4) is 0 Å². The molecule has 46 valence electrons. The minimum atomic E-state index is -5.17. The van der Waals surface area contributed by atoms with Crippen LogP contribution in [0.3, 0.4) is 0 Å². The zero-order valence-corrected chi connectivity index (χ0v) is 7.64. The van der Waals surface area contributed by atoms with E-state index in [1.54, 1.807) is 0 Å². The van der Waals surface area contributed by atoms with Gasteiger partial charge in [0.2, 0.25) is 0 Å². The van der Waals surface area contributed by atoms with Crippen molar-refractivity contribution in [3.63, 3.8) is 0 Å². The predicted molar refractivity (Wildman–Crippen MR) is 16.9 cm³/mol. The van der Waals surface area contributed by atoms with Crippen LogP contribution < -0.4 is 0 Å². The molecule has 0 atom stereocenters. The second-order valence-corrected chi connectivity index (χ2v) is 1.22. The molecule has 0 N–H and O–H groups in total. The van der Waals surface area contributed by atoms with Crippen molar-refractivity contribution in [2.75, 3.05) is 0 Å². The maximum absolute atomic E-state index is 8.52. The normalized spacial score (nSPS) is 7.25.